The predicted octanol–water partition coefficient (Wildman–Crippen LogP) is 4.99. The summed E-state index contributed by atoms with van der Waals surface area (Å²) in [6.45, 7) is 0. The lowest BCUT2D eigenvalue weighted by atomic mass is 10.0. The molecule has 0 aliphatic rings. The first-order chi connectivity index (χ1) is 13.6. The standard InChI is InChI=1S/C17H10F6N2O3S2/c1-30(27,28)11-2-3-12-13(7-11)29-15(24-12)25-14(26)8-4-9(16(18,19)20)6-10(5-8)17(21,22)23/h2-7H,1H3,(H,24,25,26). The van der Waals surface area contributed by atoms with Crippen molar-refractivity contribution in [1.29, 1.82) is 0 Å². The fraction of sp³-hybridized carbons (Fsp3) is 0.176. The van der Waals surface area contributed by atoms with Gasteiger partial charge in [-0.1, -0.05) is 11.3 Å². The second-order valence-electron chi connectivity index (χ2n) is 6.17. The third kappa shape index (κ3) is 4.73. The third-order valence-corrected chi connectivity index (χ3v) is 5.90. The van der Waals surface area contributed by atoms with Gasteiger partial charge in [-0.2, -0.15) is 26.3 Å². The summed E-state index contributed by atoms with van der Waals surface area (Å²) in [5, 5.41) is 2.03. The lowest BCUT2D eigenvalue weighted by Gasteiger charge is -2.13. The van der Waals surface area contributed by atoms with Crippen molar-refractivity contribution in [1.82, 2.24) is 4.98 Å². The van der Waals surface area contributed by atoms with E-state index in [1.807, 2.05) is 0 Å². The summed E-state index contributed by atoms with van der Waals surface area (Å²) in [6, 6.07) is 4.47. The molecule has 0 aliphatic heterocycles. The van der Waals surface area contributed by atoms with Gasteiger partial charge in [-0.15, -0.1) is 0 Å². The highest BCUT2D eigenvalue weighted by Crippen LogP contribution is 2.36. The molecule has 0 atom stereocenters. The number of carbonyl (C=O) groups is 1. The van der Waals surface area contributed by atoms with Crippen LogP contribution in [0.2, 0.25) is 0 Å². The molecular formula is C17H10F6N2O3S2. The highest BCUT2D eigenvalue weighted by atomic mass is 32.2. The van der Waals surface area contributed by atoms with E-state index in [0.29, 0.717) is 22.3 Å². The molecule has 30 heavy (non-hydrogen) atoms. The van der Waals surface area contributed by atoms with Crippen LogP contribution in [0.25, 0.3) is 10.2 Å². The molecular weight excluding hydrogens is 458 g/mol. The number of hydrogen-bond acceptors (Lipinski definition) is 5. The van der Waals surface area contributed by atoms with Crippen LogP contribution in [-0.2, 0) is 22.2 Å². The van der Waals surface area contributed by atoms with Crippen LogP contribution in [0.5, 0.6) is 0 Å². The predicted molar refractivity (Wildman–Crippen MR) is 97.1 cm³/mol. The van der Waals surface area contributed by atoms with Crippen LogP contribution in [0.15, 0.2) is 41.3 Å². The average Bonchev–Trinajstić information content (AvgIpc) is 3.00. The number of thiazole rings is 1. The van der Waals surface area contributed by atoms with E-state index < -0.39 is 44.8 Å². The van der Waals surface area contributed by atoms with Gasteiger partial charge in [-0.25, -0.2) is 13.4 Å². The number of halogens is 6. The SMILES string of the molecule is CS(=O)(=O)c1ccc2nc(NC(=O)c3cc(C(F)(F)F)cc(C(F)(F)F)c3)sc2c1. The van der Waals surface area contributed by atoms with Crippen molar-refractivity contribution in [2.45, 2.75) is 17.2 Å². The Morgan fingerprint density at radius 3 is 2.03 bits per heavy atom. The van der Waals surface area contributed by atoms with Crippen LogP contribution in [0, 0.1) is 0 Å². The monoisotopic (exact) mass is 468 g/mol. The molecule has 0 radical (unpaired) electrons. The summed E-state index contributed by atoms with van der Waals surface area (Å²) in [7, 11) is -3.51. The van der Waals surface area contributed by atoms with Crippen LogP contribution < -0.4 is 5.32 Å². The molecule has 1 amide bonds. The first-order valence-electron chi connectivity index (χ1n) is 7.86. The van der Waals surface area contributed by atoms with Gasteiger partial charge in [0.1, 0.15) is 0 Å². The summed E-state index contributed by atoms with van der Waals surface area (Å²) in [5.74, 6) is -1.23. The molecule has 1 N–H and O–H groups in total. The molecule has 3 aromatic rings. The second-order valence-corrected chi connectivity index (χ2v) is 9.22. The molecule has 3 rings (SSSR count). The highest BCUT2D eigenvalue weighted by molar-refractivity contribution is 7.90. The number of benzene rings is 2. The summed E-state index contributed by atoms with van der Waals surface area (Å²) < 4.78 is 101. The number of nitrogens with zero attached hydrogens (tertiary/aromatic N) is 1. The number of nitrogens with one attached hydrogen (secondary N) is 1. The highest BCUT2D eigenvalue weighted by Gasteiger charge is 2.37. The van der Waals surface area contributed by atoms with Gasteiger partial charge in [-0.05, 0) is 36.4 Å². The van der Waals surface area contributed by atoms with E-state index in [9.17, 15) is 39.6 Å². The zero-order valence-electron chi connectivity index (χ0n) is 14.7. The molecule has 0 unspecified atom stereocenters. The van der Waals surface area contributed by atoms with Gasteiger partial charge < -0.3 is 0 Å². The molecule has 1 heterocycles. The number of carbonyl (C=O) groups excluding carboxylic acids is 1. The van der Waals surface area contributed by atoms with Crippen molar-refractivity contribution in [2.24, 2.45) is 0 Å². The number of sulfone groups is 1. The van der Waals surface area contributed by atoms with Gasteiger partial charge in [0, 0.05) is 11.8 Å². The minimum Gasteiger partial charge on any atom is -0.298 e. The van der Waals surface area contributed by atoms with Crippen molar-refractivity contribution >= 4 is 42.4 Å². The van der Waals surface area contributed by atoms with Crippen molar-refractivity contribution in [3.8, 4) is 0 Å². The molecule has 1 aromatic heterocycles. The van der Waals surface area contributed by atoms with Gasteiger partial charge in [-0.3, -0.25) is 10.1 Å². The van der Waals surface area contributed by atoms with Crippen LogP contribution >= 0.6 is 11.3 Å². The average molecular weight is 468 g/mol. The molecule has 0 fully saturated rings. The lowest BCUT2D eigenvalue weighted by Crippen LogP contribution is -2.17. The number of fused-ring (bicyclic) bond motifs is 1. The van der Waals surface area contributed by atoms with E-state index in [1.54, 1.807) is 0 Å². The summed E-state index contributed by atoms with van der Waals surface area (Å²) in [5.41, 5.74) is -3.80. The minimum absolute atomic E-state index is 0.00998. The Balaban J connectivity index is 1.97. The zero-order valence-corrected chi connectivity index (χ0v) is 16.4. The Labute approximate surface area is 169 Å². The Morgan fingerprint density at radius 1 is 0.967 bits per heavy atom. The van der Waals surface area contributed by atoms with E-state index in [2.05, 4.69) is 10.3 Å². The van der Waals surface area contributed by atoms with Crippen molar-refractivity contribution in [3.05, 3.63) is 53.1 Å². The Kier molecular flexibility index (Phi) is 5.31. The lowest BCUT2D eigenvalue weighted by molar-refractivity contribution is -0.143. The van der Waals surface area contributed by atoms with E-state index in [0.717, 1.165) is 17.6 Å². The number of aromatic nitrogens is 1. The van der Waals surface area contributed by atoms with Crippen LogP contribution in [0.3, 0.4) is 0 Å². The molecule has 160 valence electrons. The number of rotatable bonds is 3. The third-order valence-electron chi connectivity index (χ3n) is 3.86. The Hall–Kier alpha value is -2.67. The normalized spacial score (nSPS) is 12.9. The van der Waals surface area contributed by atoms with E-state index >= 15 is 0 Å². The van der Waals surface area contributed by atoms with Crippen molar-refractivity contribution in [3.63, 3.8) is 0 Å². The van der Waals surface area contributed by atoms with Gasteiger partial charge >= 0.3 is 12.4 Å². The van der Waals surface area contributed by atoms with Crippen LogP contribution in [0.4, 0.5) is 31.5 Å². The molecule has 0 spiro atoms. The van der Waals surface area contributed by atoms with Crippen molar-refractivity contribution in [2.75, 3.05) is 11.6 Å². The Morgan fingerprint density at radius 2 is 1.53 bits per heavy atom. The maximum Gasteiger partial charge on any atom is 0.416 e. The largest absolute Gasteiger partial charge is 0.416 e. The first-order valence-corrected chi connectivity index (χ1v) is 10.6. The summed E-state index contributed by atoms with van der Waals surface area (Å²) >= 11 is 0.818. The maximum absolute atomic E-state index is 12.9. The van der Waals surface area contributed by atoms with Crippen LogP contribution in [0.1, 0.15) is 21.5 Å². The molecule has 13 heteroatoms. The maximum atomic E-state index is 12.9. The fourth-order valence-corrected chi connectivity index (χ4v) is 4.07. The molecule has 2 aromatic carbocycles. The van der Waals surface area contributed by atoms with Gasteiger partial charge in [0.25, 0.3) is 5.91 Å². The van der Waals surface area contributed by atoms with Gasteiger partial charge in [0.15, 0.2) is 15.0 Å². The second kappa shape index (κ2) is 7.23. The summed E-state index contributed by atoms with van der Waals surface area (Å²) in [4.78, 5) is 16.3. The number of hydrogen-bond donors (Lipinski definition) is 1. The quantitative estimate of drug-likeness (QED) is 0.550. The number of anilines is 1. The zero-order chi connectivity index (χ0) is 22.5. The van der Waals surface area contributed by atoms with Gasteiger partial charge in [0.2, 0.25) is 0 Å². The van der Waals surface area contributed by atoms with E-state index in [1.165, 1.54) is 18.2 Å². The molecule has 0 aliphatic carbocycles. The first kappa shape index (κ1) is 22.0. The van der Waals surface area contributed by atoms with Gasteiger partial charge in [0.05, 0.1) is 26.2 Å². The number of alkyl halides is 6. The van der Waals surface area contributed by atoms with E-state index in [4.69, 9.17) is 0 Å². The van der Waals surface area contributed by atoms with E-state index in [-0.39, 0.29) is 16.1 Å². The minimum atomic E-state index is -5.09. The topological polar surface area (TPSA) is 76.1 Å². The Bertz CT molecular complexity index is 1210. The van der Waals surface area contributed by atoms with Crippen LogP contribution in [-0.4, -0.2) is 25.6 Å². The summed E-state index contributed by atoms with van der Waals surface area (Å²) in [6.07, 6.45) is -9.19. The number of amides is 1. The van der Waals surface area contributed by atoms with Crippen molar-refractivity contribution < 1.29 is 39.6 Å². The molecule has 0 saturated heterocycles. The molecule has 0 saturated carbocycles. The fourth-order valence-electron chi connectivity index (χ4n) is 2.44. The smallest absolute Gasteiger partial charge is 0.298 e. The molecule has 5 nitrogen and oxygen atoms in total. The molecule has 0 bridgehead atoms.